The van der Waals surface area contributed by atoms with Gasteiger partial charge in [-0.05, 0) is 30.2 Å². The fourth-order valence-electron chi connectivity index (χ4n) is 2.13. The Morgan fingerprint density at radius 3 is 2.37 bits per heavy atom. The first-order valence-electron chi connectivity index (χ1n) is 5.99. The summed E-state index contributed by atoms with van der Waals surface area (Å²) in [4.78, 5) is 0. The normalized spacial score (nSPS) is 13.6. The van der Waals surface area contributed by atoms with Crippen LogP contribution in [-0.4, -0.2) is 5.11 Å². The van der Waals surface area contributed by atoms with Crippen LogP contribution < -0.4 is 0 Å². The van der Waals surface area contributed by atoms with Gasteiger partial charge in [-0.1, -0.05) is 42.0 Å². The van der Waals surface area contributed by atoms with Crippen molar-refractivity contribution in [2.75, 3.05) is 0 Å². The monoisotopic (exact) mass is 255 g/mol. The van der Waals surface area contributed by atoms with Gasteiger partial charge in [0.1, 0.15) is 11.4 Å². The highest BCUT2D eigenvalue weighted by Gasteiger charge is 2.31. The van der Waals surface area contributed by atoms with E-state index < -0.39 is 11.4 Å². The van der Waals surface area contributed by atoms with E-state index in [1.807, 2.05) is 31.2 Å². The molecular weight excluding hydrogens is 241 g/mol. The Morgan fingerprint density at radius 2 is 1.79 bits per heavy atom. The molecule has 2 aromatic rings. The highest BCUT2D eigenvalue weighted by Crippen LogP contribution is 2.33. The van der Waals surface area contributed by atoms with Crippen molar-refractivity contribution < 1.29 is 9.50 Å². The molecule has 2 aromatic carbocycles. The first kappa shape index (κ1) is 13.3. The molecule has 1 atom stereocenters. The lowest BCUT2D eigenvalue weighted by molar-refractivity contribution is 0.0856. The van der Waals surface area contributed by atoms with Gasteiger partial charge in [-0.25, -0.2) is 4.39 Å². The molecular formula is C16H14FNO. The third-order valence-electron chi connectivity index (χ3n) is 3.13. The van der Waals surface area contributed by atoms with Crippen molar-refractivity contribution in [1.29, 1.82) is 5.26 Å². The van der Waals surface area contributed by atoms with Crippen LogP contribution >= 0.6 is 0 Å². The van der Waals surface area contributed by atoms with Crippen LogP contribution in [0.2, 0.25) is 0 Å². The summed E-state index contributed by atoms with van der Waals surface area (Å²) in [5.74, 6) is -0.429. The maximum atomic E-state index is 13.3. The molecule has 0 aliphatic heterocycles. The molecule has 0 radical (unpaired) electrons. The van der Waals surface area contributed by atoms with Gasteiger partial charge < -0.3 is 5.11 Å². The topological polar surface area (TPSA) is 44.0 Å². The van der Waals surface area contributed by atoms with Crippen LogP contribution in [0.1, 0.15) is 23.1 Å². The second-order valence-corrected chi connectivity index (χ2v) is 4.57. The average Bonchev–Trinajstić information content (AvgIpc) is 2.39. The fourth-order valence-corrected chi connectivity index (χ4v) is 2.13. The van der Waals surface area contributed by atoms with Crippen molar-refractivity contribution in [2.45, 2.75) is 18.9 Å². The minimum Gasteiger partial charge on any atom is -0.379 e. The fraction of sp³-hybridized carbons (Fsp3) is 0.188. The zero-order valence-corrected chi connectivity index (χ0v) is 10.6. The van der Waals surface area contributed by atoms with E-state index in [1.165, 1.54) is 18.2 Å². The summed E-state index contributed by atoms with van der Waals surface area (Å²) in [6, 6.07) is 15.0. The summed E-state index contributed by atoms with van der Waals surface area (Å²) in [5, 5.41) is 19.8. The van der Waals surface area contributed by atoms with E-state index >= 15 is 0 Å². The molecule has 0 aromatic heterocycles. The predicted molar refractivity (Wildman–Crippen MR) is 70.8 cm³/mol. The number of rotatable bonds is 3. The van der Waals surface area contributed by atoms with Gasteiger partial charge in [-0.3, -0.25) is 0 Å². The van der Waals surface area contributed by atoms with Crippen molar-refractivity contribution >= 4 is 0 Å². The number of hydrogen-bond donors (Lipinski definition) is 1. The van der Waals surface area contributed by atoms with Crippen LogP contribution in [0.4, 0.5) is 4.39 Å². The minimum absolute atomic E-state index is 0.125. The Balaban J connectivity index is 2.58. The Kier molecular flexibility index (Phi) is 3.64. The van der Waals surface area contributed by atoms with Crippen molar-refractivity contribution in [3.63, 3.8) is 0 Å². The molecule has 0 amide bonds. The summed E-state index contributed by atoms with van der Waals surface area (Å²) >= 11 is 0. The molecule has 1 unspecified atom stereocenters. The zero-order valence-electron chi connectivity index (χ0n) is 10.6. The highest BCUT2D eigenvalue weighted by molar-refractivity contribution is 5.38. The lowest BCUT2D eigenvalue weighted by Crippen LogP contribution is -2.27. The summed E-state index contributed by atoms with van der Waals surface area (Å²) < 4.78 is 13.3. The van der Waals surface area contributed by atoms with Crippen LogP contribution in [-0.2, 0) is 5.60 Å². The predicted octanol–water partition coefficient (Wildman–Crippen LogP) is 3.28. The van der Waals surface area contributed by atoms with Crippen molar-refractivity contribution in [2.24, 2.45) is 0 Å². The maximum Gasteiger partial charge on any atom is 0.128 e. The Bertz CT molecular complexity index is 585. The van der Waals surface area contributed by atoms with E-state index in [4.69, 9.17) is 5.26 Å². The van der Waals surface area contributed by atoms with Gasteiger partial charge in [0.2, 0.25) is 0 Å². The van der Waals surface area contributed by atoms with Gasteiger partial charge in [0.15, 0.2) is 0 Å². The zero-order chi connectivity index (χ0) is 13.9. The molecule has 0 spiro atoms. The highest BCUT2D eigenvalue weighted by atomic mass is 19.1. The standard InChI is InChI=1S/C16H14FNO/c1-12-4-2-5-13(10-12)16(19,8-9-18)14-6-3-7-15(17)11-14/h2-7,10-11,19H,8H2,1H3. The van der Waals surface area contributed by atoms with Gasteiger partial charge in [-0.15, -0.1) is 0 Å². The summed E-state index contributed by atoms with van der Waals surface area (Å²) in [6.45, 7) is 1.90. The molecule has 0 bridgehead atoms. The molecule has 0 saturated heterocycles. The quantitative estimate of drug-likeness (QED) is 0.914. The largest absolute Gasteiger partial charge is 0.379 e. The summed E-state index contributed by atoms with van der Waals surface area (Å²) in [7, 11) is 0. The van der Waals surface area contributed by atoms with Crippen LogP contribution in [0, 0.1) is 24.1 Å². The summed E-state index contributed by atoms with van der Waals surface area (Å²) in [5.41, 5.74) is 0.479. The van der Waals surface area contributed by atoms with Gasteiger partial charge >= 0.3 is 0 Å². The smallest absolute Gasteiger partial charge is 0.128 e. The van der Waals surface area contributed by atoms with E-state index in [-0.39, 0.29) is 6.42 Å². The number of nitriles is 1. The minimum atomic E-state index is -1.48. The van der Waals surface area contributed by atoms with Gasteiger partial charge in [0.25, 0.3) is 0 Å². The van der Waals surface area contributed by atoms with Crippen molar-refractivity contribution in [3.05, 3.63) is 71.0 Å². The third kappa shape index (κ3) is 2.64. The van der Waals surface area contributed by atoms with E-state index in [1.54, 1.807) is 12.1 Å². The lowest BCUT2D eigenvalue weighted by Gasteiger charge is -2.27. The number of halogens is 1. The molecule has 19 heavy (non-hydrogen) atoms. The lowest BCUT2D eigenvalue weighted by atomic mass is 9.83. The molecule has 0 aliphatic carbocycles. The van der Waals surface area contributed by atoms with Crippen LogP contribution in [0.5, 0.6) is 0 Å². The van der Waals surface area contributed by atoms with Crippen LogP contribution in [0.15, 0.2) is 48.5 Å². The Hall–Kier alpha value is -2.18. The first-order valence-corrected chi connectivity index (χ1v) is 5.99. The van der Waals surface area contributed by atoms with Gasteiger partial charge in [-0.2, -0.15) is 5.26 Å². The molecule has 3 heteroatoms. The third-order valence-corrected chi connectivity index (χ3v) is 3.13. The molecule has 0 aliphatic rings. The van der Waals surface area contributed by atoms with Gasteiger partial charge in [0, 0.05) is 0 Å². The second kappa shape index (κ2) is 5.21. The van der Waals surface area contributed by atoms with E-state index in [0.29, 0.717) is 11.1 Å². The van der Waals surface area contributed by atoms with Crippen LogP contribution in [0.3, 0.4) is 0 Å². The Morgan fingerprint density at radius 1 is 1.16 bits per heavy atom. The molecule has 1 N–H and O–H groups in total. The van der Waals surface area contributed by atoms with Crippen LogP contribution in [0.25, 0.3) is 0 Å². The molecule has 0 heterocycles. The van der Waals surface area contributed by atoms with Crippen molar-refractivity contribution in [1.82, 2.24) is 0 Å². The number of nitrogens with zero attached hydrogens (tertiary/aromatic N) is 1. The van der Waals surface area contributed by atoms with E-state index in [2.05, 4.69) is 0 Å². The molecule has 0 saturated carbocycles. The number of hydrogen-bond acceptors (Lipinski definition) is 2. The summed E-state index contributed by atoms with van der Waals surface area (Å²) in [6.07, 6.45) is -0.125. The molecule has 96 valence electrons. The average molecular weight is 255 g/mol. The molecule has 2 nitrogen and oxygen atoms in total. The number of aliphatic hydroxyl groups is 1. The Labute approximate surface area is 111 Å². The van der Waals surface area contributed by atoms with E-state index in [0.717, 1.165) is 5.56 Å². The number of benzene rings is 2. The van der Waals surface area contributed by atoms with Gasteiger partial charge in [0.05, 0.1) is 12.5 Å². The maximum absolute atomic E-state index is 13.3. The number of aryl methyl sites for hydroxylation is 1. The molecule has 0 fully saturated rings. The first-order chi connectivity index (χ1) is 9.06. The van der Waals surface area contributed by atoms with Crippen molar-refractivity contribution in [3.8, 4) is 6.07 Å². The molecule has 2 rings (SSSR count). The second-order valence-electron chi connectivity index (χ2n) is 4.57. The SMILES string of the molecule is Cc1cccc(C(O)(CC#N)c2cccc(F)c2)c1. The van der Waals surface area contributed by atoms with E-state index in [9.17, 15) is 9.50 Å².